The second-order valence-electron chi connectivity index (χ2n) is 10.5. The van der Waals surface area contributed by atoms with Crippen LogP contribution in [0.2, 0.25) is 0 Å². The SMILES string of the molecule is O=C(CCCC(=O)N1CCC2CCCC=C2C1)N1CCN(C(c2ccccc2)c2ccccc2)CC1. The second-order valence-corrected chi connectivity index (χ2v) is 10.5. The van der Waals surface area contributed by atoms with Gasteiger partial charge in [-0.2, -0.15) is 0 Å². The van der Waals surface area contributed by atoms with Gasteiger partial charge in [-0.3, -0.25) is 14.5 Å². The fourth-order valence-electron chi connectivity index (χ4n) is 6.17. The smallest absolute Gasteiger partial charge is 0.222 e. The minimum atomic E-state index is 0.187. The monoisotopic (exact) mass is 485 g/mol. The van der Waals surface area contributed by atoms with Gasteiger partial charge in [-0.25, -0.2) is 0 Å². The molecule has 1 aliphatic carbocycles. The molecule has 2 amide bonds. The van der Waals surface area contributed by atoms with Gasteiger partial charge in [-0.15, -0.1) is 0 Å². The number of rotatable bonds is 7. The molecule has 1 unspecified atom stereocenters. The number of carbonyl (C=O) groups is 2. The maximum atomic E-state index is 12.9. The highest BCUT2D eigenvalue weighted by Gasteiger charge is 2.29. The minimum Gasteiger partial charge on any atom is -0.340 e. The number of amides is 2. The zero-order chi connectivity index (χ0) is 24.7. The van der Waals surface area contributed by atoms with Gasteiger partial charge in [0.25, 0.3) is 0 Å². The first kappa shape index (κ1) is 24.8. The minimum absolute atomic E-state index is 0.187. The summed E-state index contributed by atoms with van der Waals surface area (Å²) in [6.07, 6.45) is 8.79. The first-order valence-electron chi connectivity index (χ1n) is 13.8. The summed E-state index contributed by atoms with van der Waals surface area (Å²) in [5, 5.41) is 0. The van der Waals surface area contributed by atoms with Crippen LogP contribution in [0.3, 0.4) is 0 Å². The van der Waals surface area contributed by atoms with E-state index in [4.69, 9.17) is 0 Å². The van der Waals surface area contributed by atoms with Crippen LogP contribution in [0.4, 0.5) is 0 Å². The number of piperazine rings is 1. The Bertz CT molecular complexity index is 1000. The van der Waals surface area contributed by atoms with Crippen molar-refractivity contribution in [2.75, 3.05) is 39.3 Å². The van der Waals surface area contributed by atoms with Crippen molar-refractivity contribution in [2.45, 2.75) is 51.0 Å². The molecule has 5 heteroatoms. The molecule has 2 heterocycles. The number of hydrogen-bond donors (Lipinski definition) is 0. The van der Waals surface area contributed by atoms with Crippen molar-refractivity contribution in [3.63, 3.8) is 0 Å². The lowest BCUT2D eigenvalue weighted by atomic mass is 9.82. The summed E-state index contributed by atoms with van der Waals surface area (Å²) < 4.78 is 0. The summed E-state index contributed by atoms with van der Waals surface area (Å²) in [5.41, 5.74) is 4.05. The molecule has 0 radical (unpaired) electrons. The molecule has 2 aliphatic heterocycles. The van der Waals surface area contributed by atoms with Gasteiger partial charge in [-0.05, 0) is 49.1 Å². The average molecular weight is 486 g/mol. The molecule has 5 rings (SSSR count). The van der Waals surface area contributed by atoms with Gasteiger partial charge in [0.15, 0.2) is 0 Å². The first-order chi connectivity index (χ1) is 17.7. The molecule has 2 fully saturated rings. The summed E-state index contributed by atoms with van der Waals surface area (Å²) in [6.45, 7) is 4.87. The lowest BCUT2D eigenvalue weighted by molar-refractivity contribution is -0.134. The number of carbonyl (C=O) groups excluding carboxylic acids is 2. The normalized spacial score (nSPS) is 20.7. The zero-order valence-corrected chi connectivity index (χ0v) is 21.4. The Labute approximate surface area is 215 Å². The Morgan fingerprint density at radius 3 is 2.00 bits per heavy atom. The van der Waals surface area contributed by atoms with Crippen LogP contribution in [0.5, 0.6) is 0 Å². The van der Waals surface area contributed by atoms with Gasteiger partial charge in [0, 0.05) is 52.1 Å². The second kappa shape index (κ2) is 11.9. The molecule has 0 aromatic heterocycles. The molecule has 1 atom stereocenters. The van der Waals surface area contributed by atoms with Crippen LogP contribution in [0, 0.1) is 5.92 Å². The molecule has 190 valence electrons. The van der Waals surface area contributed by atoms with Crippen molar-refractivity contribution in [1.29, 1.82) is 0 Å². The highest BCUT2D eigenvalue weighted by molar-refractivity contribution is 5.79. The van der Waals surface area contributed by atoms with Gasteiger partial charge < -0.3 is 9.80 Å². The molecule has 5 nitrogen and oxygen atoms in total. The third-order valence-electron chi connectivity index (χ3n) is 8.21. The molecule has 0 spiro atoms. The van der Waals surface area contributed by atoms with Crippen LogP contribution in [-0.2, 0) is 9.59 Å². The zero-order valence-electron chi connectivity index (χ0n) is 21.4. The maximum Gasteiger partial charge on any atom is 0.222 e. The number of hydrogen-bond acceptors (Lipinski definition) is 3. The number of allylic oxidation sites excluding steroid dienone is 1. The van der Waals surface area contributed by atoms with E-state index in [-0.39, 0.29) is 17.9 Å². The van der Waals surface area contributed by atoms with E-state index in [9.17, 15) is 9.59 Å². The fourth-order valence-corrected chi connectivity index (χ4v) is 6.17. The molecular weight excluding hydrogens is 446 g/mol. The average Bonchev–Trinajstić information content (AvgIpc) is 2.94. The topological polar surface area (TPSA) is 43.9 Å². The standard InChI is InChI=1S/C31H39N3O2/c35-29(16-9-17-30(36)34-19-18-25-10-7-8-15-28(25)24-34)32-20-22-33(23-21-32)31(26-11-3-1-4-12-26)27-13-5-2-6-14-27/h1-6,11-15,25,31H,7-10,16-24H2. The lowest BCUT2D eigenvalue weighted by Crippen LogP contribution is -2.49. The van der Waals surface area contributed by atoms with E-state index in [0.717, 1.165) is 52.1 Å². The van der Waals surface area contributed by atoms with Crippen LogP contribution in [0.25, 0.3) is 0 Å². The van der Waals surface area contributed by atoms with Crippen molar-refractivity contribution in [1.82, 2.24) is 14.7 Å². The van der Waals surface area contributed by atoms with Gasteiger partial charge in [0.2, 0.25) is 11.8 Å². The fraction of sp³-hybridized carbons (Fsp3) is 0.484. The van der Waals surface area contributed by atoms with Gasteiger partial charge >= 0.3 is 0 Å². The largest absolute Gasteiger partial charge is 0.340 e. The first-order valence-corrected chi connectivity index (χ1v) is 13.8. The Morgan fingerprint density at radius 1 is 0.750 bits per heavy atom. The molecule has 3 aliphatic rings. The molecule has 2 aromatic rings. The van der Waals surface area contributed by atoms with E-state index in [1.807, 2.05) is 9.80 Å². The van der Waals surface area contributed by atoms with Crippen molar-refractivity contribution in [2.24, 2.45) is 5.92 Å². The quantitative estimate of drug-likeness (QED) is 0.516. The van der Waals surface area contributed by atoms with E-state index in [0.29, 0.717) is 25.2 Å². The third-order valence-corrected chi connectivity index (χ3v) is 8.21. The summed E-state index contributed by atoms with van der Waals surface area (Å²) in [6, 6.07) is 21.5. The van der Waals surface area contributed by atoms with E-state index in [2.05, 4.69) is 71.6 Å². The number of nitrogens with zero attached hydrogens (tertiary/aromatic N) is 3. The summed E-state index contributed by atoms with van der Waals surface area (Å²) in [5.74, 6) is 1.10. The Morgan fingerprint density at radius 2 is 1.36 bits per heavy atom. The number of likely N-dealkylation sites (tertiary alicyclic amines) is 1. The number of fused-ring (bicyclic) bond motifs is 1. The Balaban J connectivity index is 1.10. The van der Waals surface area contributed by atoms with Crippen LogP contribution in [-0.4, -0.2) is 65.8 Å². The summed E-state index contributed by atoms with van der Waals surface area (Å²) in [7, 11) is 0. The summed E-state index contributed by atoms with van der Waals surface area (Å²) >= 11 is 0. The van der Waals surface area contributed by atoms with E-state index >= 15 is 0 Å². The van der Waals surface area contributed by atoms with Crippen molar-refractivity contribution in [3.05, 3.63) is 83.4 Å². The molecule has 0 bridgehead atoms. The Kier molecular flexibility index (Phi) is 8.17. The van der Waals surface area contributed by atoms with Gasteiger partial charge in [0.05, 0.1) is 6.04 Å². The van der Waals surface area contributed by atoms with E-state index in [1.165, 1.54) is 29.5 Å². The van der Waals surface area contributed by atoms with Crippen LogP contribution < -0.4 is 0 Å². The van der Waals surface area contributed by atoms with E-state index in [1.54, 1.807) is 0 Å². The van der Waals surface area contributed by atoms with Crippen molar-refractivity contribution in [3.8, 4) is 0 Å². The molecule has 36 heavy (non-hydrogen) atoms. The van der Waals surface area contributed by atoms with Crippen molar-refractivity contribution < 1.29 is 9.59 Å². The summed E-state index contributed by atoms with van der Waals surface area (Å²) in [4.78, 5) is 32.2. The third kappa shape index (κ3) is 5.89. The van der Waals surface area contributed by atoms with E-state index < -0.39 is 0 Å². The molecular formula is C31H39N3O2. The molecule has 2 saturated heterocycles. The molecule has 0 saturated carbocycles. The van der Waals surface area contributed by atoms with Gasteiger partial charge in [-0.1, -0.05) is 72.3 Å². The highest BCUT2D eigenvalue weighted by Crippen LogP contribution is 2.32. The van der Waals surface area contributed by atoms with Crippen LogP contribution in [0.15, 0.2) is 72.3 Å². The Hall–Kier alpha value is -2.92. The lowest BCUT2D eigenvalue weighted by Gasteiger charge is -2.40. The van der Waals surface area contributed by atoms with Crippen molar-refractivity contribution >= 4 is 11.8 Å². The predicted octanol–water partition coefficient (Wildman–Crippen LogP) is 5.05. The predicted molar refractivity (Wildman–Crippen MR) is 143 cm³/mol. The number of piperidine rings is 1. The molecule has 2 aromatic carbocycles. The number of benzene rings is 2. The highest BCUT2D eigenvalue weighted by atomic mass is 16.2. The van der Waals surface area contributed by atoms with Crippen LogP contribution >= 0.6 is 0 Å². The maximum absolute atomic E-state index is 12.9. The van der Waals surface area contributed by atoms with Crippen LogP contribution in [0.1, 0.15) is 62.1 Å². The van der Waals surface area contributed by atoms with Gasteiger partial charge in [0.1, 0.15) is 0 Å². The molecule has 0 N–H and O–H groups in total.